The number of carbonyl (C=O) groups excluding carboxylic acids is 2. The van der Waals surface area contributed by atoms with Crippen LogP contribution in [-0.2, 0) is 22.6 Å². The van der Waals surface area contributed by atoms with E-state index in [4.69, 9.17) is 0 Å². The van der Waals surface area contributed by atoms with Crippen LogP contribution in [0.4, 0.5) is 8.78 Å². The van der Waals surface area contributed by atoms with Crippen molar-refractivity contribution in [1.29, 1.82) is 0 Å². The lowest BCUT2D eigenvalue weighted by atomic mass is 10.1. The molecule has 0 aliphatic carbocycles. The molecule has 0 aromatic heterocycles. The van der Waals surface area contributed by atoms with Crippen LogP contribution in [0.1, 0.15) is 37.8 Å². The van der Waals surface area contributed by atoms with E-state index in [9.17, 15) is 18.4 Å². The van der Waals surface area contributed by atoms with E-state index in [0.29, 0.717) is 12.1 Å². The fraction of sp³-hybridized carbons (Fsp3) is 0.364. The van der Waals surface area contributed by atoms with Crippen molar-refractivity contribution in [3.05, 3.63) is 71.3 Å². The van der Waals surface area contributed by atoms with Crippen molar-refractivity contribution in [2.75, 3.05) is 6.54 Å². The van der Waals surface area contributed by atoms with Crippen molar-refractivity contribution in [2.24, 2.45) is 0 Å². The van der Waals surface area contributed by atoms with Crippen molar-refractivity contribution in [1.82, 2.24) is 10.2 Å². The Balaban J connectivity index is 2.15. The Morgan fingerprint density at radius 1 is 0.964 bits per heavy atom. The first-order chi connectivity index (χ1) is 13.4. The molecule has 0 saturated heterocycles. The minimum Gasteiger partial charge on any atom is -0.354 e. The number of nitrogens with zero attached hydrogens (tertiary/aromatic N) is 1. The molecule has 0 fully saturated rings. The van der Waals surface area contributed by atoms with Gasteiger partial charge in [-0.15, -0.1) is 0 Å². The number of hydrogen-bond acceptors (Lipinski definition) is 2. The fourth-order valence-corrected chi connectivity index (χ4v) is 2.78. The van der Waals surface area contributed by atoms with Crippen molar-refractivity contribution in [3.8, 4) is 0 Å². The molecular weight excluding hydrogens is 362 g/mol. The number of halogens is 2. The number of nitrogens with one attached hydrogen (secondary N) is 1. The first-order valence-corrected chi connectivity index (χ1v) is 9.46. The van der Waals surface area contributed by atoms with Crippen molar-refractivity contribution in [2.45, 2.75) is 45.7 Å². The molecule has 150 valence electrons. The molecule has 2 rings (SSSR count). The standard InChI is InChI=1S/C22H26F2N2O2/c1-3-4-13-25-22(28)16(2)26(15-18-7-11-20(24)12-8-18)21(27)14-17-5-9-19(23)10-6-17/h5-12,16H,3-4,13-15H2,1-2H3,(H,25,28). The van der Waals surface area contributed by atoms with E-state index in [1.807, 2.05) is 6.92 Å². The van der Waals surface area contributed by atoms with E-state index in [-0.39, 0.29) is 36.4 Å². The molecule has 0 aliphatic heterocycles. The van der Waals surface area contributed by atoms with Gasteiger partial charge in [-0.1, -0.05) is 37.6 Å². The summed E-state index contributed by atoms with van der Waals surface area (Å²) in [6.07, 6.45) is 1.87. The molecular formula is C22H26F2N2O2. The van der Waals surface area contributed by atoms with E-state index >= 15 is 0 Å². The predicted molar refractivity (Wildman–Crippen MR) is 104 cm³/mol. The Morgan fingerprint density at radius 2 is 1.50 bits per heavy atom. The molecule has 2 amide bonds. The van der Waals surface area contributed by atoms with Gasteiger partial charge in [0.15, 0.2) is 0 Å². The van der Waals surface area contributed by atoms with Gasteiger partial charge in [-0.05, 0) is 48.7 Å². The van der Waals surface area contributed by atoms with Gasteiger partial charge in [-0.2, -0.15) is 0 Å². The van der Waals surface area contributed by atoms with E-state index in [1.54, 1.807) is 31.2 Å². The summed E-state index contributed by atoms with van der Waals surface area (Å²) in [6.45, 7) is 4.44. The summed E-state index contributed by atoms with van der Waals surface area (Å²) >= 11 is 0. The average molecular weight is 388 g/mol. The molecule has 0 heterocycles. The molecule has 0 radical (unpaired) electrons. The van der Waals surface area contributed by atoms with E-state index < -0.39 is 6.04 Å². The summed E-state index contributed by atoms with van der Waals surface area (Å²) in [6, 6.07) is 10.8. The fourth-order valence-electron chi connectivity index (χ4n) is 2.78. The first kappa shape index (κ1) is 21.5. The largest absolute Gasteiger partial charge is 0.354 e. The highest BCUT2D eigenvalue weighted by molar-refractivity contribution is 5.88. The lowest BCUT2D eigenvalue weighted by Crippen LogP contribution is -2.48. The average Bonchev–Trinajstić information content (AvgIpc) is 2.68. The molecule has 2 aromatic rings. The van der Waals surface area contributed by atoms with E-state index in [0.717, 1.165) is 18.4 Å². The van der Waals surface area contributed by atoms with Gasteiger partial charge in [0, 0.05) is 13.1 Å². The molecule has 0 aliphatic rings. The second-order valence-corrected chi connectivity index (χ2v) is 6.77. The number of rotatable bonds is 9. The van der Waals surface area contributed by atoms with E-state index in [2.05, 4.69) is 5.32 Å². The second kappa shape index (κ2) is 10.5. The number of unbranched alkanes of at least 4 members (excludes halogenated alkanes) is 1. The monoisotopic (exact) mass is 388 g/mol. The Kier molecular flexibility index (Phi) is 8.11. The predicted octanol–water partition coefficient (Wildman–Crippen LogP) is 3.84. The molecule has 4 nitrogen and oxygen atoms in total. The molecule has 0 spiro atoms. The molecule has 0 bridgehead atoms. The van der Waals surface area contributed by atoms with Crippen LogP contribution in [0.5, 0.6) is 0 Å². The van der Waals surface area contributed by atoms with Gasteiger partial charge in [0.1, 0.15) is 17.7 Å². The molecule has 6 heteroatoms. The van der Waals surface area contributed by atoms with Gasteiger partial charge >= 0.3 is 0 Å². The summed E-state index contributed by atoms with van der Waals surface area (Å²) < 4.78 is 26.3. The van der Waals surface area contributed by atoms with Gasteiger partial charge in [0.2, 0.25) is 11.8 Å². The van der Waals surface area contributed by atoms with Crippen molar-refractivity contribution >= 4 is 11.8 Å². The molecule has 28 heavy (non-hydrogen) atoms. The van der Waals surface area contributed by atoms with Crippen molar-refractivity contribution in [3.63, 3.8) is 0 Å². The summed E-state index contributed by atoms with van der Waals surface area (Å²) in [5, 5.41) is 2.84. The maximum absolute atomic E-state index is 13.2. The number of amides is 2. The van der Waals surface area contributed by atoms with Gasteiger partial charge in [-0.3, -0.25) is 9.59 Å². The third kappa shape index (κ3) is 6.44. The van der Waals surface area contributed by atoms with Gasteiger partial charge < -0.3 is 10.2 Å². The molecule has 2 aromatic carbocycles. The number of carbonyl (C=O) groups is 2. The molecule has 0 saturated carbocycles. The molecule has 1 unspecified atom stereocenters. The minimum absolute atomic E-state index is 0.0497. The van der Waals surface area contributed by atoms with Crippen LogP contribution < -0.4 is 5.32 Å². The van der Waals surface area contributed by atoms with Crippen LogP contribution in [0.2, 0.25) is 0 Å². The van der Waals surface area contributed by atoms with Crippen molar-refractivity contribution < 1.29 is 18.4 Å². The lowest BCUT2D eigenvalue weighted by Gasteiger charge is -2.29. The maximum atomic E-state index is 13.2. The van der Waals surface area contributed by atoms with E-state index in [1.165, 1.54) is 29.2 Å². The van der Waals surface area contributed by atoms with Crippen LogP contribution >= 0.6 is 0 Å². The molecule has 1 N–H and O–H groups in total. The van der Waals surface area contributed by atoms with Gasteiger partial charge in [-0.25, -0.2) is 8.78 Å². The highest BCUT2D eigenvalue weighted by Crippen LogP contribution is 2.13. The second-order valence-electron chi connectivity index (χ2n) is 6.77. The SMILES string of the molecule is CCCCNC(=O)C(C)N(Cc1ccc(F)cc1)C(=O)Cc1ccc(F)cc1. The lowest BCUT2D eigenvalue weighted by molar-refractivity contribution is -0.140. The van der Waals surface area contributed by atoms with Gasteiger partial charge in [0.25, 0.3) is 0 Å². The van der Waals surface area contributed by atoms with Crippen LogP contribution in [0.25, 0.3) is 0 Å². The quantitative estimate of drug-likeness (QED) is 0.664. The summed E-state index contributed by atoms with van der Waals surface area (Å²) in [7, 11) is 0. The Hall–Kier alpha value is -2.76. The zero-order valence-corrected chi connectivity index (χ0v) is 16.3. The van der Waals surface area contributed by atoms with Crippen LogP contribution in [0.3, 0.4) is 0 Å². The van der Waals surface area contributed by atoms with Gasteiger partial charge in [0.05, 0.1) is 6.42 Å². The van der Waals surface area contributed by atoms with Crippen LogP contribution in [-0.4, -0.2) is 29.3 Å². The Bertz CT molecular complexity index is 776. The number of benzene rings is 2. The molecule has 1 atom stereocenters. The smallest absolute Gasteiger partial charge is 0.242 e. The highest BCUT2D eigenvalue weighted by Gasteiger charge is 2.26. The Labute approximate surface area is 164 Å². The minimum atomic E-state index is -0.685. The topological polar surface area (TPSA) is 49.4 Å². The maximum Gasteiger partial charge on any atom is 0.242 e. The zero-order chi connectivity index (χ0) is 20.5. The Morgan fingerprint density at radius 3 is 2.04 bits per heavy atom. The number of hydrogen-bond donors (Lipinski definition) is 1. The third-order valence-corrected chi connectivity index (χ3v) is 4.53. The van der Waals surface area contributed by atoms with Crippen LogP contribution in [0.15, 0.2) is 48.5 Å². The van der Waals surface area contributed by atoms with Crippen LogP contribution in [0, 0.1) is 11.6 Å². The summed E-state index contributed by atoms with van der Waals surface area (Å²) in [5.41, 5.74) is 1.39. The first-order valence-electron chi connectivity index (χ1n) is 9.46. The normalized spacial score (nSPS) is 11.7. The summed E-state index contributed by atoms with van der Waals surface area (Å²) in [5.74, 6) is -1.22. The highest BCUT2D eigenvalue weighted by atomic mass is 19.1. The third-order valence-electron chi connectivity index (χ3n) is 4.53. The summed E-state index contributed by atoms with van der Waals surface area (Å²) in [4.78, 5) is 26.9. The zero-order valence-electron chi connectivity index (χ0n) is 16.3.